The number of hydrogen-bond donors (Lipinski definition) is 0. The fourth-order valence-electron chi connectivity index (χ4n) is 5.20. The van der Waals surface area contributed by atoms with E-state index in [9.17, 15) is 18.8 Å². The molecule has 0 fully saturated rings. The Morgan fingerprint density at radius 1 is 0.886 bits per heavy atom. The summed E-state index contributed by atoms with van der Waals surface area (Å²) in [5.74, 6) is -1.55. The number of halogens is 2. The van der Waals surface area contributed by atoms with Gasteiger partial charge in [0, 0.05) is 41.7 Å². The number of Topliss-reactive ketones (excluding diaryl/α,β-unsaturated/α-hetero) is 2. The normalized spacial score (nSPS) is 11.0. The lowest BCUT2D eigenvalue weighted by Crippen LogP contribution is -2.31. The molecule has 0 aliphatic carbocycles. The summed E-state index contributed by atoms with van der Waals surface area (Å²) in [6.45, 7) is 4.46. The molecule has 3 aromatic heterocycles. The van der Waals surface area contributed by atoms with Crippen molar-refractivity contribution in [1.82, 2.24) is 14.5 Å². The SMILES string of the molecule is COc1cc2nccc(Oc3ccc(CC(=O)c4c(C)c(C(C)=O)c(C)n(-c5ccc(F)cc5)c4=O)cc3F)c2nc1OC. The van der Waals surface area contributed by atoms with Gasteiger partial charge in [-0.25, -0.2) is 13.8 Å². The van der Waals surface area contributed by atoms with E-state index in [0.717, 1.165) is 6.07 Å². The lowest BCUT2D eigenvalue weighted by atomic mass is 9.94. The molecule has 0 aliphatic rings. The Balaban J connectivity index is 1.48. The predicted molar refractivity (Wildman–Crippen MR) is 159 cm³/mol. The highest BCUT2D eigenvalue weighted by Crippen LogP contribution is 2.35. The van der Waals surface area contributed by atoms with Gasteiger partial charge >= 0.3 is 0 Å². The fraction of sp³-hybridized carbons (Fsp3) is 0.182. The Kier molecular flexibility index (Phi) is 8.21. The summed E-state index contributed by atoms with van der Waals surface area (Å²) in [7, 11) is 2.90. The lowest BCUT2D eigenvalue weighted by Gasteiger charge is -2.18. The standard InChI is InChI=1S/C33H27F2N3O6/c1-17-29(19(3)39)18(2)38(22-9-7-21(34)8-10-22)33(41)30(17)25(40)15-20-6-11-26(23(35)14-20)44-27-12-13-36-24-16-28(42-4)32(43-5)37-31(24)27/h6-14,16H,15H2,1-5H3. The van der Waals surface area contributed by atoms with Gasteiger partial charge in [-0.2, -0.15) is 0 Å². The van der Waals surface area contributed by atoms with Crippen LogP contribution in [0.3, 0.4) is 0 Å². The van der Waals surface area contributed by atoms with Gasteiger partial charge in [-0.1, -0.05) is 6.07 Å². The molecule has 44 heavy (non-hydrogen) atoms. The van der Waals surface area contributed by atoms with Crippen molar-refractivity contribution < 1.29 is 32.6 Å². The van der Waals surface area contributed by atoms with Crippen LogP contribution in [0, 0.1) is 25.5 Å². The smallest absolute Gasteiger partial charge is 0.266 e. The van der Waals surface area contributed by atoms with Gasteiger partial charge in [0.1, 0.15) is 11.3 Å². The Bertz CT molecular complexity index is 2010. The molecule has 9 nitrogen and oxygen atoms in total. The third-order valence-corrected chi connectivity index (χ3v) is 7.18. The molecule has 5 rings (SSSR count). The van der Waals surface area contributed by atoms with Gasteiger partial charge in [0.25, 0.3) is 11.4 Å². The van der Waals surface area contributed by atoms with Crippen LogP contribution in [0.4, 0.5) is 8.78 Å². The summed E-state index contributed by atoms with van der Waals surface area (Å²) in [6.07, 6.45) is 1.15. The van der Waals surface area contributed by atoms with E-state index >= 15 is 4.39 Å². The van der Waals surface area contributed by atoms with Crippen LogP contribution in [0.1, 0.15) is 44.5 Å². The van der Waals surface area contributed by atoms with Crippen LogP contribution in [-0.4, -0.2) is 40.3 Å². The van der Waals surface area contributed by atoms with Crippen molar-refractivity contribution in [2.45, 2.75) is 27.2 Å². The van der Waals surface area contributed by atoms with Gasteiger partial charge < -0.3 is 14.2 Å². The third kappa shape index (κ3) is 5.51. The second-order valence-corrected chi connectivity index (χ2v) is 9.98. The van der Waals surface area contributed by atoms with Gasteiger partial charge in [-0.15, -0.1) is 0 Å². The maximum Gasteiger partial charge on any atom is 0.266 e. The van der Waals surface area contributed by atoms with Crippen molar-refractivity contribution in [1.29, 1.82) is 0 Å². The van der Waals surface area contributed by atoms with Crippen LogP contribution in [0.5, 0.6) is 23.1 Å². The maximum atomic E-state index is 15.3. The van der Waals surface area contributed by atoms with Gasteiger partial charge in [0.2, 0.25) is 0 Å². The molecule has 0 saturated carbocycles. The van der Waals surface area contributed by atoms with Crippen LogP contribution in [-0.2, 0) is 6.42 Å². The molecule has 0 saturated heterocycles. The minimum absolute atomic E-state index is 0.130. The van der Waals surface area contributed by atoms with Crippen molar-refractivity contribution in [2.75, 3.05) is 14.2 Å². The van der Waals surface area contributed by atoms with E-state index in [-0.39, 0.29) is 51.8 Å². The summed E-state index contributed by atoms with van der Waals surface area (Å²) in [4.78, 5) is 48.4. The molecular formula is C33H27F2N3O6. The van der Waals surface area contributed by atoms with E-state index in [2.05, 4.69) is 9.97 Å². The maximum absolute atomic E-state index is 15.3. The van der Waals surface area contributed by atoms with Crippen LogP contribution in [0.25, 0.3) is 16.7 Å². The first-order valence-electron chi connectivity index (χ1n) is 13.4. The topological polar surface area (TPSA) is 110 Å². The molecule has 0 N–H and O–H groups in total. The second kappa shape index (κ2) is 12.0. The Morgan fingerprint density at radius 2 is 1.61 bits per heavy atom. The van der Waals surface area contributed by atoms with E-state index in [1.54, 1.807) is 13.0 Å². The summed E-state index contributed by atoms with van der Waals surface area (Å²) < 4.78 is 46.4. The van der Waals surface area contributed by atoms with E-state index < -0.39 is 23.0 Å². The zero-order valence-electron chi connectivity index (χ0n) is 24.5. The number of rotatable bonds is 9. The predicted octanol–water partition coefficient (Wildman–Crippen LogP) is 6.11. The highest BCUT2D eigenvalue weighted by Gasteiger charge is 2.25. The Labute approximate surface area is 250 Å². The van der Waals surface area contributed by atoms with Crippen LogP contribution < -0.4 is 19.8 Å². The van der Waals surface area contributed by atoms with Crippen molar-refractivity contribution in [2.24, 2.45) is 0 Å². The number of ether oxygens (including phenoxy) is 3. The molecule has 0 amide bonds. The molecule has 0 bridgehead atoms. The molecule has 0 spiro atoms. The van der Waals surface area contributed by atoms with Gasteiger partial charge in [-0.05, 0) is 68.3 Å². The number of carbonyl (C=O) groups is 2. The summed E-state index contributed by atoms with van der Waals surface area (Å²) in [6, 6.07) is 12.3. The zero-order chi connectivity index (χ0) is 31.7. The van der Waals surface area contributed by atoms with Crippen LogP contribution in [0.2, 0.25) is 0 Å². The largest absolute Gasteiger partial charge is 0.491 e. The number of nitrogens with zero attached hydrogens (tertiary/aromatic N) is 3. The van der Waals surface area contributed by atoms with Crippen molar-refractivity contribution in [3.63, 3.8) is 0 Å². The van der Waals surface area contributed by atoms with E-state index in [4.69, 9.17) is 14.2 Å². The first-order valence-corrected chi connectivity index (χ1v) is 13.4. The molecule has 2 aromatic carbocycles. The number of carbonyl (C=O) groups excluding carboxylic acids is 2. The van der Waals surface area contributed by atoms with Gasteiger partial charge in [0.15, 0.2) is 34.6 Å². The molecule has 224 valence electrons. The monoisotopic (exact) mass is 599 g/mol. The second-order valence-electron chi connectivity index (χ2n) is 9.98. The highest BCUT2D eigenvalue weighted by atomic mass is 19.1. The fourth-order valence-corrected chi connectivity index (χ4v) is 5.20. The quantitative estimate of drug-likeness (QED) is 0.187. The van der Waals surface area contributed by atoms with Crippen molar-refractivity contribution >= 4 is 22.6 Å². The lowest BCUT2D eigenvalue weighted by molar-refractivity contribution is 0.0990. The average molecular weight is 600 g/mol. The molecule has 0 atom stereocenters. The number of methoxy groups -OCH3 is 2. The van der Waals surface area contributed by atoms with E-state index in [0.29, 0.717) is 28.2 Å². The van der Waals surface area contributed by atoms with Gasteiger partial charge in [-0.3, -0.25) is 23.9 Å². The van der Waals surface area contributed by atoms with E-state index in [1.807, 2.05) is 0 Å². The number of ketones is 2. The number of aromatic nitrogens is 3. The molecule has 0 aliphatic heterocycles. The summed E-state index contributed by atoms with van der Waals surface area (Å²) in [5, 5.41) is 0. The van der Waals surface area contributed by atoms with Crippen molar-refractivity contribution in [3.8, 4) is 28.8 Å². The van der Waals surface area contributed by atoms with Crippen molar-refractivity contribution in [3.05, 3.63) is 111 Å². The summed E-state index contributed by atoms with van der Waals surface area (Å²) in [5.41, 5.74) is 1.23. The Hall–Kier alpha value is -5.45. The minimum Gasteiger partial charge on any atom is -0.491 e. The molecular weight excluding hydrogens is 572 g/mol. The zero-order valence-corrected chi connectivity index (χ0v) is 24.5. The summed E-state index contributed by atoms with van der Waals surface area (Å²) >= 11 is 0. The molecule has 0 radical (unpaired) electrons. The third-order valence-electron chi connectivity index (χ3n) is 7.18. The molecule has 0 unspecified atom stereocenters. The first-order chi connectivity index (χ1) is 21.0. The highest BCUT2D eigenvalue weighted by molar-refractivity contribution is 6.04. The average Bonchev–Trinajstić information content (AvgIpc) is 2.98. The Morgan fingerprint density at radius 3 is 2.25 bits per heavy atom. The van der Waals surface area contributed by atoms with Crippen LogP contribution >= 0.6 is 0 Å². The van der Waals surface area contributed by atoms with E-state index in [1.165, 1.54) is 81.3 Å². The molecule has 5 aromatic rings. The molecule has 11 heteroatoms. The molecule has 3 heterocycles. The number of hydrogen-bond acceptors (Lipinski definition) is 8. The first kappa shape index (κ1) is 30.0. The number of pyridine rings is 3. The number of fused-ring (bicyclic) bond motifs is 1. The van der Waals surface area contributed by atoms with Crippen LogP contribution in [0.15, 0.2) is 65.6 Å². The van der Waals surface area contributed by atoms with Gasteiger partial charge in [0.05, 0.1) is 25.3 Å². The minimum atomic E-state index is -0.755. The number of benzene rings is 2.